The summed E-state index contributed by atoms with van der Waals surface area (Å²) in [4.78, 5) is 4.36. The summed E-state index contributed by atoms with van der Waals surface area (Å²) in [6, 6.07) is 6.28. The van der Waals surface area contributed by atoms with Gasteiger partial charge in [0.05, 0.1) is 13.4 Å². The Labute approximate surface area is 119 Å². The number of nitrogens with one attached hydrogen (secondary N) is 1. The van der Waals surface area contributed by atoms with Crippen LogP contribution in [0.3, 0.4) is 0 Å². The molecule has 1 aromatic carbocycles. The molecule has 2 aromatic rings. The maximum absolute atomic E-state index is 5.33. The second-order valence-electron chi connectivity index (χ2n) is 5.37. The number of hydrogen-bond donors (Lipinski definition) is 1. The summed E-state index contributed by atoms with van der Waals surface area (Å²) >= 11 is 0. The van der Waals surface area contributed by atoms with E-state index in [1.165, 1.54) is 18.5 Å². The van der Waals surface area contributed by atoms with Gasteiger partial charge >= 0.3 is 0 Å². The van der Waals surface area contributed by atoms with Crippen LogP contribution in [0.1, 0.15) is 30.0 Å². The smallest absolute Gasteiger partial charge is 0.121 e. The quantitative estimate of drug-likeness (QED) is 0.933. The van der Waals surface area contributed by atoms with E-state index in [1.54, 1.807) is 7.11 Å². The van der Waals surface area contributed by atoms with Crippen LogP contribution in [0.25, 0.3) is 5.69 Å². The fourth-order valence-electron chi connectivity index (χ4n) is 2.95. The van der Waals surface area contributed by atoms with Crippen molar-refractivity contribution in [3.8, 4) is 11.4 Å². The number of imidazole rings is 1. The standard InChI is InChI=1S/C16H21N3O/c1-12-9-14(3-4-16(12)20-2)19-11-18-10-15(19)13-5-7-17-8-6-13/h3-4,9-11,13,17H,5-8H2,1-2H3. The molecular weight excluding hydrogens is 250 g/mol. The van der Waals surface area contributed by atoms with Crippen LogP contribution >= 0.6 is 0 Å². The van der Waals surface area contributed by atoms with Gasteiger partial charge in [0.1, 0.15) is 5.75 Å². The Bertz CT molecular complexity index is 585. The molecule has 0 saturated carbocycles. The maximum atomic E-state index is 5.33. The summed E-state index contributed by atoms with van der Waals surface area (Å²) in [6.45, 7) is 4.26. The van der Waals surface area contributed by atoms with Gasteiger partial charge < -0.3 is 14.6 Å². The van der Waals surface area contributed by atoms with Gasteiger partial charge in [0.25, 0.3) is 0 Å². The zero-order chi connectivity index (χ0) is 13.9. The predicted molar refractivity (Wildman–Crippen MR) is 79.7 cm³/mol. The number of aryl methyl sites for hydroxylation is 1. The fraction of sp³-hybridized carbons (Fsp3) is 0.438. The van der Waals surface area contributed by atoms with E-state index in [1.807, 2.05) is 18.6 Å². The van der Waals surface area contributed by atoms with Gasteiger partial charge in [-0.25, -0.2) is 4.98 Å². The number of piperidine rings is 1. The number of aromatic nitrogens is 2. The highest BCUT2D eigenvalue weighted by atomic mass is 16.5. The van der Waals surface area contributed by atoms with E-state index < -0.39 is 0 Å². The molecule has 4 heteroatoms. The molecule has 106 valence electrons. The van der Waals surface area contributed by atoms with E-state index >= 15 is 0 Å². The Balaban J connectivity index is 1.94. The summed E-state index contributed by atoms with van der Waals surface area (Å²) in [7, 11) is 1.71. The van der Waals surface area contributed by atoms with Gasteiger partial charge in [0, 0.05) is 23.5 Å². The van der Waals surface area contributed by atoms with E-state index in [-0.39, 0.29) is 0 Å². The van der Waals surface area contributed by atoms with E-state index in [9.17, 15) is 0 Å². The Kier molecular flexibility index (Phi) is 3.74. The van der Waals surface area contributed by atoms with Crippen LogP contribution < -0.4 is 10.1 Å². The second kappa shape index (κ2) is 5.67. The lowest BCUT2D eigenvalue weighted by Crippen LogP contribution is -2.27. The lowest BCUT2D eigenvalue weighted by molar-refractivity contribution is 0.411. The molecule has 1 aromatic heterocycles. The summed E-state index contributed by atoms with van der Waals surface area (Å²) in [5, 5.41) is 3.41. The first-order valence-electron chi connectivity index (χ1n) is 7.17. The molecule has 1 N–H and O–H groups in total. The van der Waals surface area contributed by atoms with Gasteiger partial charge in [0.2, 0.25) is 0 Å². The van der Waals surface area contributed by atoms with E-state index in [2.05, 4.69) is 33.9 Å². The lowest BCUT2D eigenvalue weighted by Gasteiger charge is -2.23. The zero-order valence-electron chi connectivity index (χ0n) is 12.1. The highest BCUT2D eigenvalue weighted by Gasteiger charge is 2.19. The molecule has 0 aliphatic carbocycles. The first kappa shape index (κ1) is 13.2. The van der Waals surface area contributed by atoms with Crippen molar-refractivity contribution in [1.82, 2.24) is 14.9 Å². The molecule has 0 atom stereocenters. The molecule has 0 unspecified atom stereocenters. The zero-order valence-corrected chi connectivity index (χ0v) is 12.1. The third-order valence-corrected chi connectivity index (χ3v) is 4.08. The number of nitrogens with zero attached hydrogens (tertiary/aromatic N) is 2. The minimum absolute atomic E-state index is 0.598. The Morgan fingerprint density at radius 3 is 2.80 bits per heavy atom. The van der Waals surface area contributed by atoms with Crippen molar-refractivity contribution < 1.29 is 4.74 Å². The first-order valence-corrected chi connectivity index (χ1v) is 7.17. The van der Waals surface area contributed by atoms with Gasteiger partial charge in [0.15, 0.2) is 0 Å². The number of benzene rings is 1. The van der Waals surface area contributed by atoms with Crippen molar-refractivity contribution in [2.45, 2.75) is 25.7 Å². The number of hydrogen-bond acceptors (Lipinski definition) is 3. The Hall–Kier alpha value is -1.81. The minimum Gasteiger partial charge on any atom is -0.496 e. The summed E-state index contributed by atoms with van der Waals surface area (Å²) in [5.74, 6) is 1.53. The van der Waals surface area contributed by atoms with Crippen LogP contribution in [0.15, 0.2) is 30.7 Å². The molecule has 0 amide bonds. The van der Waals surface area contributed by atoms with Crippen molar-refractivity contribution in [2.75, 3.05) is 20.2 Å². The second-order valence-corrected chi connectivity index (χ2v) is 5.37. The van der Waals surface area contributed by atoms with Crippen molar-refractivity contribution in [1.29, 1.82) is 0 Å². The average Bonchev–Trinajstić information content (AvgIpc) is 2.97. The van der Waals surface area contributed by atoms with Crippen LogP contribution in [0, 0.1) is 6.92 Å². The summed E-state index contributed by atoms with van der Waals surface area (Å²) in [5.41, 5.74) is 3.63. The van der Waals surface area contributed by atoms with Gasteiger partial charge in [-0.05, 0) is 56.6 Å². The van der Waals surface area contributed by atoms with E-state index in [0.717, 1.165) is 30.1 Å². The number of rotatable bonds is 3. The molecule has 2 heterocycles. The fourth-order valence-corrected chi connectivity index (χ4v) is 2.95. The topological polar surface area (TPSA) is 39.1 Å². The molecule has 1 aliphatic rings. The van der Waals surface area contributed by atoms with Crippen LogP contribution in [0.5, 0.6) is 5.75 Å². The minimum atomic E-state index is 0.598. The van der Waals surface area contributed by atoms with Crippen LogP contribution in [-0.2, 0) is 0 Å². The van der Waals surface area contributed by atoms with Crippen molar-refractivity contribution in [2.24, 2.45) is 0 Å². The molecule has 3 rings (SSSR count). The molecule has 20 heavy (non-hydrogen) atoms. The highest BCUT2D eigenvalue weighted by Crippen LogP contribution is 2.28. The lowest BCUT2D eigenvalue weighted by atomic mass is 9.95. The van der Waals surface area contributed by atoms with Crippen molar-refractivity contribution in [3.05, 3.63) is 42.0 Å². The number of ether oxygens (including phenoxy) is 1. The Morgan fingerprint density at radius 2 is 2.10 bits per heavy atom. The molecule has 1 saturated heterocycles. The Morgan fingerprint density at radius 1 is 1.30 bits per heavy atom. The van der Waals surface area contributed by atoms with Crippen LogP contribution in [-0.4, -0.2) is 29.8 Å². The predicted octanol–water partition coefficient (Wildman–Crippen LogP) is 2.66. The third-order valence-electron chi connectivity index (χ3n) is 4.08. The van der Waals surface area contributed by atoms with E-state index in [4.69, 9.17) is 4.74 Å². The van der Waals surface area contributed by atoms with Gasteiger partial charge in [-0.1, -0.05) is 0 Å². The van der Waals surface area contributed by atoms with Gasteiger partial charge in [-0.15, -0.1) is 0 Å². The van der Waals surface area contributed by atoms with Gasteiger partial charge in [-0.2, -0.15) is 0 Å². The van der Waals surface area contributed by atoms with Crippen molar-refractivity contribution >= 4 is 0 Å². The molecule has 0 spiro atoms. The first-order chi connectivity index (χ1) is 9.79. The molecule has 1 fully saturated rings. The van der Waals surface area contributed by atoms with Crippen LogP contribution in [0.4, 0.5) is 0 Å². The molecule has 1 aliphatic heterocycles. The normalized spacial score (nSPS) is 16.3. The molecule has 0 bridgehead atoms. The van der Waals surface area contributed by atoms with E-state index in [0.29, 0.717) is 5.92 Å². The summed E-state index contributed by atoms with van der Waals surface area (Å²) < 4.78 is 7.54. The molecular formula is C16H21N3O. The SMILES string of the molecule is COc1ccc(-n2cncc2C2CCNCC2)cc1C. The molecule has 0 radical (unpaired) electrons. The van der Waals surface area contributed by atoms with Crippen molar-refractivity contribution in [3.63, 3.8) is 0 Å². The number of methoxy groups -OCH3 is 1. The monoisotopic (exact) mass is 271 g/mol. The average molecular weight is 271 g/mol. The molecule has 4 nitrogen and oxygen atoms in total. The van der Waals surface area contributed by atoms with Crippen LogP contribution in [0.2, 0.25) is 0 Å². The van der Waals surface area contributed by atoms with Gasteiger partial charge in [-0.3, -0.25) is 0 Å². The highest BCUT2D eigenvalue weighted by molar-refractivity contribution is 5.44. The third kappa shape index (κ3) is 2.43. The summed E-state index contributed by atoms with van der Waals surface area (Å²) in [6.07, 6.45) is 6.29. The maximum Gasteiger partial charge on any atom is 0.121 e. The largest absolute Gasteiger partial charge is 0.496 e.